The molecule has 94 valence electrons. The lowest BCUT2D eigenvalue weighted by molar-refractivity contribution is -0.0602. The van der Waals surface area contributed by atoms with Crippen molar-refractivity contribution in [1.29, 1.82) is 0 Å². The number of aromatic carboxylic acids is 1. The molecule has 4 heteroatoms. The molecule has 0 bridgehead atoms. The topological polar surface area (TPSA) is 70.7 Å². The van der Waals surface area contributed by atoms with E-state index in [-0.39, 0.29) is 16.7 Å². The predicted molar refractivity (Wildman–Crippen MR) is 61.8 cm³/mol. The lowest BCUT2D eigenvalue weighted by Gasteiger charge is -2.40. The van der Waals surface area contributed by atoms with Crippen LogP contribution in [0, 0.1) is 5.41 Å². The van der Waals surface area contributed by atoms with Crippen LogP contribution in [0.5, 0.6) is 0 Å². The van der Waals surface area contributed by atoms with Gasteiger partial charge in [0.1, 0.15) is 16.9 Å². The molecule has 2 rings (SSSR count). The third kappa shape index (κ3) is 2.22. The van der Waals surface area contributed by atoms with Gasteiger partial charge in [-0.25, -0.2) is 4.79 Å². The third-order valence-corrected chi connectivity index (χ3v) is 3.53. The number of furan rings is 1. The molecule has 17 heavy (non-hydrogen) atoms. The molecular formula is C13H18O4. The van der Waals surface area contributed by atoms with E-state index in [1.165, 1.54) is 12.3 Å². The van der Waals surface area contributed by atoms with Gasteiger partial charge in [0.15, 0.2) is 0 Å². The molecule has 1 atom stereocenters. The van der Waals surface area contributed by atoms with Gasteiger partial charge < -0.3 is 14.6 Å². The van der Waals surface area contributed by atoms with Crippen molar-refractivity contribution < 1.29 is 19.4 Å². The summed E-state index contributed by atoms with van der Waals surface area (Å²) in [6, 6.07) is 1.40. The fraction of sp³-hybridized carbons (Fsp3) is 0.615. The van der Waals surface area contributed by atoms with Crippen molar-refractivity contribution in [3.63, 3.8) is 0 Å². The lowest BCUT2D eigenvalue weighted by atomic mass is 9.68. The van der Waals surface area contributed by atoms with E-state index in [0.29, 0.717) is 12.8 Å². The van der Waals surface area contributed by atoms with Gasteiger partial charge in [-0.15, -0.1) is 0 Å². The second kappa shape index (κ2) is 3.88. The Labute approximate surface area is 100 Å². The van der Waals surface area contributed by atoms with Crippen LogP contribution in [0.25, 0.3) is 0 Å². The Bertz CT molecular complexity index is 432. The molecule has 0 aliphatic heterocycles. The van der Waals surface area contributed by atoms with Crippen molar-refractivity contribution in [1.82, 2.24) is 0 Å². The highest BCUT2D eigenvalue weighted by atomic mass is 16.4. The van der Waals surface area contributed by atoms with Crippen LogP contribution in [0.4, 0.5) is 0 Å². The summed E-state index contributed by atoms with van der Waals surface area (Å²) in [6.45, 7) is 4.17. The highest BCUT2D eigenvalue weighted by Gasteiger charge is 2.43. The van der Waals surface area contributed by atoms with Gasteiger partial charge in [0.25, 0.3) is 0 Å². The van der Waals surface area contributed by atoms with E-state index in [0.717, 1.165) is 12.8 Å². The number of aliphatic hydroxyl groups is 1. The van der Waals surface area contributed by atoms with E-state index >= 15 is 0 Å². The minimum atomic E-state index is -1.14. The fourth-order valence-corrected chi connectivity index (χ4v) is 2.86. The van der Waals surface area contributed by atoms with Crippen LogP contribution in [-0.4, -0.2) is 16.2 Å². The zero-order chi connectivity index (χ0) is 12.7. The summed E-state index contributed by atoms with van der Waals surface area (Å²) in [7, 11) is 0. The Kier molecular flexibility index (Phi) is 2.78. The Hall–Kier alpha value is -1.29. The normalized spacial score (nSPS) is 27.9. The molecule has 1 heterocycles. The summed E-state index contributed by atoms with van der Waals surface area (Å²) >= 11 is 0. The molecule has 0 aromatic carbocycles. The van der Waals surface area contributed by atoms with Crippen LogP contribution in [-0.2, 0) is 5.60 Å². The average Bonchev–Trinajstić information content (AvgIpc) is 2.63. The average molecular weight is 238 g/mol. The minimum absolute atomic E-state index is 0.00949. The molecular weight excluding hydrogens is 220 g/mol. The zero-order valence-electron chi connectivity index (χ0n) is 10.2. The molecule has 2 N–H and O–H groups in total. The first-order chi connectivity index (χ1) is 7.84. The summed E-state index contributed by atoms with van der Waals surface area (Å²) < 4.78 is 5.23. The van der Waals surface area contributed by atoms with Gasteiger partial charge in [-0.2, -0.15) is 0 Å². The number of hydrogen-bond donors (Lipinski definition) is 2. The maximum Gasteiger partial charge on any atom is 0.339 e. The van der Waals surface area contributed by atoms with Crippen LogP contribution >= 0.6 is 0 Å². The Morgan fingerprint density at radius 1 is 1.41 bits per heavy atom. The predicted octanol–water partition coefficient (Wildman–Crippen LogP) is 2.77. The number of carbonyl (C=O) groups is 1. The van der Waals surface area contributed by atoms with Gasteiger partial charge in [0.2, 0.25) is 0 Å². The Morgan fingerprint density at radius 2 is 2.12 bits per heavy atom. The van der Waals surface area contributed by atoms with Gasteiger partial charge in [-0.05, 0) is 37.2 Å². The lowest BCUT2D eigenvalue weighted by Crippen LogP contribution is -2.37. The summed E-state index contributed by atoms with van der Waals surface area (Å²) in [6.07, 6.45) is 4.35. The molecule has 4 nitrogen and oxygen atoms in total. The highest BCUT2D eigenvalue weighted by molar-refractivity contribution is 5.89. The first-order valence-electron chi connectivity index (χ1n) is 5.88. The molecule has 1 unspecified atom stereocenters. The van der Waals surface area contributed by atoms with Gasteiger partial charge in [0.05, 0.1) is 6.26 Å². The molecule has 1 aromatic heterocycles. The van der Waals surface area contributed by atoms with Gasteiger partial charge in [-0.3, -0.25) is 0 Å². The van der Waals surface area contributed by atoms with E-state index < -0.39 is 11.6 Å². The SMILES string of the molecule is CC1(C)CCCC(O)(c2occc2C(=O)O)C1. The highest BCUT2D eigenvalue weighted by Crippen LogP contribution is 2.47. The zero-order valence-corrected chi connectivity index (χ0v) is 10.2. The summed E-state index contributed by atoms with van der Waals surface area (Å²) in [5.41, 5.74) is -1.06. The molecule has 0 spiro atoms. The van der Waals surface area contributed by atoms with Gasteiger partial charge >= 0.3 is 5.97 Å². The van der Waals surface area contributed by atoms with Crippen LogP contribution in [0.15, 0.2) is 16.7 Å². The van der Waals surface area contributed by atoms with E-state index in [2.05, 4.69) is 13.8 Å². The fourth-order valence-electron chi connectivity index (χ4n) is 2.86. The van der Waals surface area contributed by atoms with E-state index in [9.17, 15) is 9.90 Å². The smallest absolute Gasteiger partial charge is 0.339 e. The number of carboxylic acids is 1. The van der Waals surface area contributed by atoms with Crippen molar-refractivity contribution in [3.8, 4) is 0 Å². The Morgan fingerprint density at radius 3 is 2.71 bits per heavy atom. The molecule has 1 aromatic rings. The van der Waals surface area contributed by atoms with Crippen LogP contribution in [0.2, 0.25) is 0 Å². The van der Waals surface area contributed by atoms with Crippen LogP contribution in [0.3, 0.4) is 0 Å². The van der Waals surface area contributed by atoms with E-state index in [1.54, 1.807) is 0 Å². The minimum Gasteiger partial charge on any atom is -0.478 e. The molecule has 0 saturated heterocycles. The molecule has 0 radical (unpaired) electrons. The summed E-state index contributed by atoms with van der Waals surface area (Å²) in [5.74, 6) is -0.844. The standard InChI is InChI=1S/C13H18O4/c1-12(2)5-3-6-13(16,8-12)10-9(11(14)15)4-7-17-10/h4,7,16H,3,5-6,8H2,1-2H3,(H,14,15). The first kappa shape index (κ1) is 12.2. The molecule has 1 saturated carbocycles. The number of hydrogen-bond acceptors (Lipinski definition) is 3. The quantitative estimate of drug-likeness (QED) is 0.831. The molecule has 0 amide bonds. The summed E-state index contributed by atoms with van der Waals surface area (Å²) in [5, 5.41) is 19.7. The van der Waals surface area contributed by atoms with Crippen molar-refractivity contribution in [2.75, 3.05) is 0 Å². The van der Waals surface area contributed by atoms with Gasteiger partial charge in [0, 0.05) is 0 Å². The number of carboxylic acid groups (broad SMARTS) is 1. The monoisotopic (exact) mass is 238 g/mol. The maximum absolute atomic E-state index is 11.1. The molecule has 1 fully saturated rings. The van der Waals surface area contributed by atoms with Gasteiger partial charge in [-0.1, -0.05) is 13.8 Å². The molecule has 1 aliphatic carbocycles. The van der Waals surface area contributed by atoms with E-state index in [1.807, 2.05) is 0 Å². The largest absolute Gasteiger partial charge is 0.478 e. The van der Waals surface area contributed by atoms with Crippen LogP contribution < -0.4 is 0 Å². The molecule has 1 aliphatic rings. The Balaban J connectivity index is 2.37. The first-order valence-corrected chi connectivity index (χ1v) is 5.88. The number of rotatable bonds is 2. The maximum atomic E-state index is 11.1. The third-order valence-electron chi connectivity index (χ3n) is 3.53. The van der Waals surface area contributed by atoms with Crippen molar-refractivity contribution >= 4 is 5.97 Å². The van der Waals surface area contributed by atoms with Crippen LogP contribution in [0.1, 0.15) is 55.6 Å². The van der Waals surface area contributed by atoms with Crippen molar-refractivity contribution in [2.24, 2.45) is 5.41 Å². The van der Waals surface area contributed by atoms with E-state index in [4.69, 9.17) is 9.52 Å². The van der Waals surface area contributed by atoms with Crippen molar-refractivity contribution in [2.45, 2.75) is 45.1 Å². The second-order valence-electron chi connectivity index (χ2n) is 5.69. The second-order valence-corrected chi connectivity index (χ2v) is 5.69. The summed E-state index contributed by atoms with van der Waals surface area (Å²) in [4.78, 5) is 11.1. The van der Waals surface area contributed by atoms with Crippen molar-refractivity contribution in [3.05, 3.63) is 23.7 Å².